The van der Waals surface area contributed by atoms with Crippen LogP contribution in [0.4, 0.5) is 17.1 Å². The van der Waals surface area contributed by atoms with Crippen LogP contribution in [0.3, 0.4) is 0 Å². The molecule has 11 rings (SSSR count). The number of hydrogen-bond acceptors (Lipinski definition) is 1. The Morgan fingerprint density at radius 2 is 0.645 bits per heavy atom. The topological polar surface area (TPSA) is 8.17 Å². The highest BCUT2D eigenvalue weighted by Gasteiger charge is 2.20. The maximum atomic E-state index is 2.41. The normalized spacial score (nSPS) is 11.2. The van der Waals surface area contributed by atoms with E-state index in [-0.39, 0.29) is 0 Å². The fraction of sp³-hybridized carbons (Fsp3) is 0. The van der Waals surface area contributed by atoms with Gasteiger partial charge in [0.15, 0.2) is 0 Å². The summed E-state index contributed by atoms with van der Waals surface area (Å²) in [6, 6.07) is 92.1. The van der Waals surface area contributed by atoms with Crippen molar-refractivity contribution in [3.63, 3.8) is 0 Å². The maximum Gasteiger partial charge on any atom is 0.0561 e. The van der Waals surface area contributed by atoms with Gasteiger partial charge in [-0.05, 0) is 110 Å². The molecule has 292 valence electrons. The lowest BCUT2D eigenvalue weighted by molar-refractivity contribution is 1.18. The Labute approximate surface area is 362 Å². The van der Waals surface area contributed by atoms with Gasteiger partial charge in [0.1, 0.15) is 0 Å². The molecular formula is C60H42N2. The molecule has 0 amide bonds. The molecule has 0 saturated heterocycles. The number of benzene rings is 10. The van der Waals surface area contributed by atoms with E-state index in [4.69, 9.17) is 0 Å². The summed E-state index contributed by atoms with van der Waals surface area (Å²) in [5, 5.41) is 2.46. The van der Waals surface area contributed by atoms with Crippen LogP contribution in [0.25, 0.3) is 83.1 Å². The van der Waals surface area contributed by atoms with E-state index in [0.29, 0.717) is 0 Å². The molecule has 1 aromatic heterocycles. The predicted octanol–water partition coefficient (Wildman–Crippen LogP) is 16.6. The minimum Gasteiger partial charge on any atom is -0.310 e. The quantitative estimate of drug-likeness (QED) is 0.141. The lowest BCUT2D eigenvalue weighted by Crippen LogP contribution is -2.10. The van der Waals surface area contributed by atoms with Crippen LogP contribution in [0.5, 0.6) is 0 Å². The Hall–Kier alpha value is -8.20. The lowest BCUT2D eigenvalue weighted by atomic mass is 9.89. The van der Waals surface area contributed by atoms with Crippen LogP contribution in [0, 0.1) is 0 Å². The summed E-state index contributed by atoms with van der Waals surface area (Å²) in [7, 11) is 0. The van der Waals surface area contributed by atoms with Gasteiger partial charge in [-0.1, -0.05) is 200 Å². The third-order valence-electron chi connectivity index (χ3n) is 12.0. The van der Waals surface area contributed by atoms with Crippen LogP contribution in [-0.2, 0) is 0 Å². The number of fused-ring (bicyclic) bond motifs is 3. The van der Waals surface area contributed by atoms with E-state index < -0.39 is 0 Å². The molecule has 0 atom stereocenters. The van der Waals surface area contributed by atoms with Gasteiger partial charge in [-0.25, -0.2) is 0 Å². The summed E-state index contributed by atoms with van der Waals surface area (Å²) in [5.41, 5.74) is 18.7. The third-order valence-corrected chi connectivity index (χ3v) is 12.0. The van der Waals surface area contributed by atoms with Crippen LogP contribution in [0.1, 0.15) is 0 Å². The predicted molar refractivity (Wildman–Crippen MR) is 263 cm³/mol. The zero-order valence-electron chi connectivity index (χ0n) is 34.1. The van der Waals surface area contributed by atoms with E-state index in [1.54, 1.807) is 0 Å². The van der Waals surface area contributed by atoms with Gasteiger partial charge in [0.05, 0.1) is 11.0 Å². The molecule has 2 nitrogen and oxygen atoms in total. The Balaban J connectivity index is 1.10. The van der Waals surface area contributed by atoms with Crippen molar-refractivity contribution < 1.29 is 0 Å². The smallest absolute Gasteiger partial charge is 0.0561 e. The first kappa shape index (κ1) is 36.8. The number of hydrogen-bond donors (Lipinski definition) is 0. The van der Waals surface area contributed by atoms with Crippen molar-refractivity contribution in [2.75, 3.05) is 4.90 Å². The average Bonchev–Trinajstić information content (AvgIpc) is 3.69. The molecule has 11 aromatic rings. The summed E-state index contributed by atoms with van der Waals surface area (Å²) in [4.78, 5) is 2.41. The standard InChI is InChI=1S/C60H42N2/c1-5-19-43(20-6-1)51-27-13-15-29-54(51)55-30-16-14-28-52(55)46-33-35-48(36-34-46)61(49-37-39-53(44-21-7-2-8-22-44)58(41-49)45-23-9-3-10-24-45)50-38-40-57-56-31-17-18-32-59(56)62(60(57)42-50)47-25-11-4-12-26-47/h1-42H. The first-order valence-corrected chi connectivity index (χ1v) is 21.3. The van der Waals surface area contributed by atoms with Crippen molar-refractivity contribution in [3.05, 3.63) is 255 Å². The second kappa shape index (κ2) is 16.1. The van der Waals surface area contributed by atoms with Crippen LogP contribution in [0.2, 0.25) is 0 Å². The van der Waals surface area contributed by atoms with Crippen molar-refractivity contribution in [1.29, 1.82) is 0 Å². The average molecular weight is 791 g/mol. The van der Waals surface area contributed by atoms with Gasteiger partial charge < -0.3 is 9.47 Å². The highest BCUT2D eigenvalue weighted by Crippen LogP contribution is 2.44. The largest absolute Gasteiger partial charge is 0.310 e. The lowest BCUT2D eigenvalue weighted by Gasteiger charge is -2.27. The summed E-state index contributed by atoms with van der Waals surface area (Å²) in [6.07, 6.45) is 0. The monoisotopic (exact) mass is 790 g/mol. The van der Waals surface area contributed by atoms with Crippen molar-refractivity contribution >= 4 is 38.9 Å². The van der Waals surface area contributed by atoms with Crippen LogP contribution < -0.4 is 4.90 Å². The Bertz CT molecular complexity index is 3310. The molecule has 1 heterocycles. The fourth-order valence-electron chi connectivity index (χ4n) is 9.14. The molecule has 0 aliphatic carbocycles. The van der Waals surface area contributed by atoms with E-state index in [0.717, 1.165) is 33.8 Å². The van der Waals surface area contributed by atoms with Gasteiger partial charge in [-0.15, -0.1) is 0 Å². The number of nitrogens with zero attached hydrogens (tertiary/aromatic N) is 2. The molecule has 0 aliphatic rings. The molecule has 0 unspecified atom stereocenters. The van der Waals surface area contributed by atoms with Gasteiger partial charge in [0.2, 0.25) is 0 Å². The van der Waals surface area contributed by atoms with Gasteiger partial charge in [0, 0.05) is 33.5 Å². The van der Waals surface area contributed by atoms with E-state index in [2.05, 4.69) is 264 Å². The molecular weight excluding hydrogens is 749 g/mol. The third kappa shape index (κ3) is 6.74. The second-order valence-electron chi connectivity index (χ2n) is 15.7. The van der Waals surface area contributed by atoms with E-state index in [1.165, 1.54) is 66.4 Å². The summed E-state index contributed by atoms with van der Waals surface area (Å²) >= 11 is 0. The number of aromatic nitrogens is 1. The molecule has 0 bridgehead atoms. The molecule has 2 heteroatoms. The van der Waals surface area contributed by atoms with Crippen molar-refractivity contribution in [1.82, 2.24) is 4.57 Å². The summed E-state index contributed by atoms with van der Waals surface area (Å²) < 4.78 is 2.40. The Morgan fingerprint density at radius 3 is 1.24 bits per heavy atom. The summed E-state index contributed by atoms with van der Waals surface area (Å²) in [5.74, 6) is 0. The minimum absolute atomic E-state index is 1.07. The molecule has 0 radical (unpaired) electrons. The fourth-order valence-corrected chi connectivity index (χ4v) is 9.14. The van der Waals surface area contributed by atoms with Crippen molar-refractivity contribution in [2.24, 2.45) is 0 Å². The summed E-state index contributed by atoms with van der Waals surface area (Å²) in [6.45, 7) is 0. The van der Waals surface area contributed by atoms with Crippen LogP contribution in [-0.4, -0.2) is 4.57 Å². The molecule has 0 N–H and O–H groups in total. The molecule has 0 saturated carbocycles. The zero-order valence-corrected chi connectivity index (χ0v) is 34.1. The Kier molecular flexibility index (Phi) is 9.57. The maximum absolute atomic E-state index is 2.41. The van der Waals surface area contributed by atoms with Gasteiger partial charge in [-0.2, -0.15) is 0 Å². The molecule has 0 aliphatic heterocycles. The second-order valence-corrected chi connectivity index (χ2v) is 15.7. The SMILES string of the molecule is c1ccc(-c2ccc(N(c3ccc(-c4ccccc4-c4ccccc4-c4ccccc4)cc3)c3ccc4c5ccccc5n(-c5ccccc5)c4c3)cc2-c2ccccc2)cc1. The van der Waals surface area contributed by atoms with Crippen molar-refractivity contribution in [3.8, 4) is 61.3 Å². The van der Waals surface area contributed by atoms with E-state index in [9.17, 15) is 0 Å². The highest BCUT2D eigenvalue weighted by molar-refractivity contribution is 6.10. The first-order valence-electron chi connectivity index (χ1n) is 21.3. The molecule has 0 spiro atoms. The van der Waals surface area contributed by atoms with Crippen molar-refractivity contribution in [2.45, 2.75) is 0 Å². The first-order chi connectivity index (χ1) is 30.8. The zero-order chi connectivity index (χ0) is 41.2. The molecule has 0 fully saturated rings. The number of para-hydroxylation sites is 2. The van der Waals surface area contributed by atoms with Gasteiger partial charge in [0.25, 0.3) is 0 Å². The van der Waals surface area contributed by atoms with Gasteiger partial charge >= 0.3 is 0 Å². The minimum atomic E-state index is 1.07. The highest BCUT2D eigenvalue weighted by atomic mass is 15.1. The molecule has 10 aromatic carbocycles. The molecule has 62 heavy (non-hydrogen) atoms. The number of rotatable bonds is 9. The van der Waals surface area contributed by atoms with Crippen LogP contribution in [0.15, 0.2) is 255 Å². The van der Waals surface area contributed by atoms with Gasteiger partial charge in [-0.3, -0.25) is 0 Å². The van der Waals surface area contributed by atoms with Crippen LogP contribution >= 0.6 is 0 Å². The Morgan fingerprint density at radius 1 is 0.242 bits per heavy atom. The number of anilines is 3. The van der Waals surface area contributed by atoms with E-state index >= 15 is 0 Å². The van der Waals surface area contributed by atoms with E-state index in [1.807, 2.05) is 0 Å².